The normalized spacial score (nSPS) is 14.0. The SMILES string of the molecule is C=C1c2ccc(CC)cc2CN1c1ccc2sccc2c1. The first-order valence-corrected chi connectivity index (χ1v) is 8.20. The molecule has 1 aliphatic rings. The van der Waals surface area contributed by atoms with E-state index in [4.69, 9.17) is 0 Å². The molecule has 0 radical (unpaired) electrons. The number of benzene rings is 2. The van der Waals surface area contributed by atoms with E-state index in [0.29, 0.717) is 0 Å². The predicted octanol–water partition coefficient (Wildman–Crippen LogP) is 5.45. The van der Waals surface area contributed by atoms with Crippen LogP contribution in [0.25, 0.3) is 15.8 Å². The Balaban J connectivity index is 1.75. The van der Waals surface area contributed by atoms with Crippen molar-refractivity contribution in [2.45, 2.75) is 19.9 Å². The zero-order valence-electron chi connectivity index (χ0n) is 12.1. The third-order valence-electron chi connectivity index (χ3n) is 4.29. The van der Waals surface area contributed by atoms with Gasteiger partial charge in [-0.3, -0.25) is 0 Å². The van der Waals surface area contributed by atoms with Gasteiger partial charge in [-0.15, -0.1) is 11.3 Å². The first kappa shape index (κ1) is 12.7. The summed E-state index contributed by atoms with van der Waals surface area (Å²) in [5, 5.41) is 3.46. The van der Waals surface area contributed by atoms with Gasteiger partial charge in [0.25, 0.3) is 0 Å². The lowest BCUT2D eigenvalue weighted by molar-refractivity contribution is 1.03. The summed E-state index contributed by atoms with van der Waals surface area (Å²) in [4.78, 5) is 2.32. The van der Waals surface area contributed by atoms with Gasteiger partial charge in [-0.1, -0.05) is 31.7 Å². The van der Waals surface area contributed by atoms with Gasteiger partial charge in [-0.25, -0.2) is 0 Å². The Morgan fingerprint density at radius 2 is 2.05 bits per heavy atom. The second-order valence-electron chi connectivity index (χ2n) is 5.52. The van der Waals surface area contributed by atoms with Crippen LogP contribution in [0.5, 0.6) is 0 Å². The molecular formula is C19H17NS. The number of anilines is 1. The monoisotopic (exact) mass is 291 g/mol. The molecule has 2 heterocycles. The highest BCUT2D eigenvalue weighted by Crippen LogP contribution is 2.37. The Hall–Kier alpha value is -2.06. The molecule has 0 aliphatic carbocycles. The molecule has 4 rings (SSSR count). The van der Waals surface area contributed by atoms with Gasteiger partial charge >= 0.3 is 0 Å². The largest absolute Gasteiger partial charge is 0.337 e. The van der Waals surface area contributed by atoms with Crippen LogP contribution in [-0.4, -0.2) is 0 Å². The van der Waals surface area contributed by atoms with Crippen LogP contribution < -0.4 is 4.90 Å². The maximum Gasteiger partial charge on any atom is 0.0488 e. The van der Waals surface area contributed by atoms with Gasteiger partial charge in [0.15, 0.2) is 0 Å². The molecule has 2 aromatic carbocycles. The highest BCUT2D eigenvalue weighted by atomic mass is 32.1. The van der Waals surface area contributed by atoms with Crippen molar-refractivity contribution < 1.29 is 0 Å². The number of fused-ring (bicyclic) bond motifs is 2. The molecule has 0 saturated heterocycles. The molecule has 1 nitrogen and oxygen atoms in total. The fourth-order valence-electron chi connectivity index (χ4n) is 3.06. The average molecular weight is 291 g/mol. The Morgan fingerprint density at radius 1 is 1.14 bits per heavy atom. The number of rotatable bonds is 2. The maximum absolute atomic E-state index is 4.31. The van der Waals surface area contributed by atoms with Crippen LogP contribution in [0.1, 0.15) is 23.6 Å². The summed E-state index contributed by atoms with van der Waals surface area (Å²) >= 11 is 1.79. The van der Waals surface area contributed by atoms with E-state index < -0.39 is 0 Å². The molecule has 0 spiro atoms. The molecule has 2 heteroatoms. The summed E-state index contributed by atoms with van der Waals surface area (Å²) < 4.78 is 1.34. The standard InChI is InChI=1S/C19H17NS/c1-3-14-4-6-18-13(2)20(12-16(18)10-14)17-5-7-19-15(11-17)8-9-21-19/h4-11H,2-3,12H2,1H3. The molecule has 3 aromatic rings. The van der Waals surface area contributed by atoms with Gasteiger partial charge in [-0.05, 0) is 52.6 Å². The highest BCUT2D eigenvalue weighted by molar-refractivity contribution is 7.17. The van der Waals surface area contributed by atoms with Crippen molar-refractivity contribution in [2.75, 3.05) is 4.90 Å². The number of nitrogens with zero attached hydrogens (tertiary/aromatic N) is 1. The van der Waals surface area contributed by atoms with Crippen molar-refractivity contribution in [3.63, 3.8) is 0 Å². The van der Waals surface area contributed by atoms with Gasteiger partial charge in [0.05, 0.1) is 0 Å². The van der Waals surface area contributed by atoms with Gasteiger partial charge in [-0.2, -0.15) is 0 Å². The van der Waals surface area contributed by atoms with E-state index in [2.05, 4.69) is 66.2 Å². The predicted molar refractivity (Wildman–Crippen MR) is 92.9 cm³/mol. The maximum atomic E-state index is 4.31. The summed E-state index contributed by atoms with van der Waals surface area (Å²) in [6, 6.07) is 15.6. The van der Waals surface area contributed by atoms with E-state index in [-0.39, 0.29) is 0 Å². The second kappa shape index (κ2) is 4.74. The number of thiophene rings is 1. The highest BCUT2D eigenvalue weighted by Gasteiger charge is 2.23. The van der Waals surface area contributed by atoms with Gasteiger partial charge in [0.1, 0.15) is 0 Å². The first-order valence-electron chi connectivity index (χ1n) is 7.32. The van der Waals surface area contributed by atoms with Crippen molar-refractivity contribution in [3.05, 3.63) is 71.1 Å². The minimum Gasteiger partial charge on any atom is -0.337 e. The van der Waals surface area contributed by atoms with E-state index >= 15 is 0 Å². The van der Waals surface area contributed by atoms with E-state index in [1.54, 1.807) is 11.3 Å². The summed E-state index contributed by atoms with van der Waals surface area (Å²) in [7, 11) is 0. The lowest BCUT2D eigenvalue weighted by Crippen LogP contribution is -2.12. The molecule has 0 amide bonds. The van der Waals surface area contributed by atoms with Gasteiger partial charge in [0, 0.05) is 28.2 Å². The molecule has 1 aliphatic heterocycles. The zero-order valence-corrected chi connectivity index (χ0v) is 12.9. The molecule has 1 aromatic heterocycles. The van der Waals surface area contributed by atoms with Crippen molar-refractivity contribution in [1.82, 2.24) is 0 Å². The fourth-order valence-corrected chi connectivity index (χ4v) is 3.83. The van der Waals surface area contributed by atoms with Crippen LogP contribution in [0.2, 0.25) is 0 Å². The van der Waals surface area contributed by atoms with Crippen molar-refractivity contribution in [1.29, 1.82) is 0 Å². The Morgan fingerprint density at radius 3 is 2.90 bits per heavy atom. The third kappa shape index (κ3) is 1.98. The van der Waals surface area contributed by atoms with Crippen LogP contribution in [0.3, 0.4) is 0 Å². The minimum absolute atomic E-state index is 0.928. The van der Waals surface area contributed by atoms with E-state index in [9.17, 15) is 0 Å². The number of hydrogen-bond acceptors (Lipinski definition) is 2. The van der Waals surface area contributed by atoms with E-state index in [1.165, 1.54) is 32.5 Å². The molecule has 0 saturated carbocycles. The Labute approximate surface area is 129 Å². The van der Waals surface area contributed by atoms with Crippen LogP contribution in [0, 0.1) is 0 Å². The topological polar surface area (TPSA) is 3.24 Å². The smallest absolute Gasteiger partial charge is 0.0488 e. The van der Waals surface area contributed by atoms with Gasteiger partial charge in [0.2, 0.25) is 0 Å². The van der Waals surface area contributed by atoms with E-state index in [0.717, 1.165) is 18.7 Å². The number of aryl methyl sites for hydroxylation is 1. The lowest BCUT2D eigenvalue weighted by atomic mass is 10.0. The molecule has 21 heavy (non-hydrogen) atoms. The Bertz CT molecular complexity index is 844. The summed E-state index contributed by atoms with van der Waals surface area (Å²) in [5.74, 6) is 0. The molecule has 0 bridgehead atoms. The molecule has 0 N–H and O–H groups in total. The van der Waals surface area contributed by atoms with Crippen LogP contribution >= 0.6 is 11.3 Å². The second-order valence-corrected chi connectivity index (χ2v) is 6.47. The Kier molecular flexibility index (Phi) is 2.86. The molecular weight excluding hydrogens is 274 g/mol. The molecule has 0 atom stereocenters. The van der Waals surface area contributed by atoms with Crippen LogP contribution in [-0.2, 0) is 13.0 Å². The molecule has 104 valence electrons. The number of hydrogen-bond donors (Lipinski definition) is 0. The lowest BCUT2D eigenvalue weighted by Gasteiger charge is -2.19. The molecule has 0 fully saturated rings. The first-order chi connectivity index (χ1) is 10.3. The fraction of sp³-hybridized carbons (Fsp3) is 0.158. The van der Waals surface area contributed by atoms with Crippen LogP contribution in [0.15, 0.2) is 54.4 Å². The summed E-state index contributed by atoms with van der Waals surface area (Å²) in [6.07, 6.45) is 1.08. The van der Waals surface area contributed by atoms with Crippen LogP contribution in [0.4, 0.5) is 5.69 Å². The average Bonchev–Trinajstić information content (AvgIpc) is 3.10. The minimum atomic E-state index is 0.928. The van der Waals surface area contributed by atoms with Crippen molar-refractivity contribution in [2.24, 2.45) is 0 Å². The third-order valence-corrected chi connectivity index (χ3v) is 5.19. The summed E-state index contributed by atoms with van der Waals surface area (Å²) in [6.45, 7) is 7.44. The van der Waals surface area contributed by atoms with Crippen molar-refractivity contribution >= 4 is 32.8 Å². The summed E-state index contributed by atoms with van der Waals surface area (Å²) in [5.41, 5.74) is 6.43. The molecule has 0 unspecified atom stereocenters. The zero-order chi connectivity index (χ0) is 14.4. The van der Waals surface area contributed by atoms with Crippen molar-refractivity contribution in [3.8, 4) is 0 Å². The quantitative estimate of drug-likeness (QED) is 0.606. The van der Waals surface area contributed by atoms with E-state index in [1.807, 2.05) is 0 Å². The van der Waals surface area contributed by atoms with Gasteiger partial charge < -0.3 is 4.90 Å².